The van der Waals surface area contributed by atoms with Gasteiger partial charge in [-0.2, -0.15) is 18.4 Å². The number of nitrogens with zero attached hydrogens (tertiary/aromatic N) is 5. The molecule has 0 saturated heterocycles. The van der Waals surface area contributed by atoms with E-state index in [4.69, 9.17) is 4.74 Å². The fraction of sp³-hybridized carbons (Fsp3) is 0.321. The van der Waals surface area contributed by atoms with Gasteiger partial charge in [-0.3, -0.25) is 9.69 Å². The number of aromatic amines is 1. The van der Waals surface area contributed by atoms with Crippen molar-refractivity contribution in [3.8, 4) is 6.07 Å². The zero-order valence-corrected chi connectivity index (χ0v) is 24.7. The molecule has 0 fully saturated rings. The molecule has 11 nitrogen and oxygen atoms in total. The van der Waals surface area contributed by atoms with Crippen LogP contribution in [0.5, 0.6) is 0 Å². The topological polar surface area (TPSA) is 133 Å². The van der Waals surface area contributed by atoms with Crippen LogP contribution in [0.4, 0.5) is 24.8 Å². The van der Waals surface area contributed by atoms with E-state index in [9.17, 15) is 32.8 Å². The molecule has 1 aromatic heterocycles. The highest BCUT2D eigenvalue weighted by atomic mass is 35.5. The van der Waals surface area contributed by atoms with Gasteiger partial charge in [0, 0.05) is 16.9 Å². The van der Waals surface area contributed by atoms with Crippen molar-refractivity contribution in [1.82, 2.24) is 20.1 Å². The van der Waals surface area contributed by atoms with Gasteiger partial charge in [-0.25, -0.2) is 19.3 Å². The molecule has 0 spiro atoms. The number of nitriles is 1. The molecule has 0 saturated carbocycles. The minimum Gasteiger partial charge on any atom is -1.00 e. The van der Waals surface area contributed by atoms with Crippen molar-refractivity contribution in [3.63, 3.8) is 0 Å². The maximum atomic E-state index is 13.6. The molecule has 2 N–H and O–H groups in total. The maximum absolute atomic E-state index is 13.6. The number of fused-ring (bicyclic) bond motifs is 1. The van der Waals surface area contributed by atoms with Gasteiger partial charge >= 0.3 is 17.8 Å². The lowest BCUT2D eigenvalue weighted by molar-refractivity contribution is -0.869. The lowest BCUT2D eigenvalue weighted by atomic mass is 9.89. The Labute approximate surface area is 251 Å². The Morgan fingerprint density at radius 2 is 1.88 bits per heavy atom. The van der Waals surface area contributed by atoms with Crippen molar-refractivity contribution in [1.29, 1.82) is 5.26 Å². The number of amides is 1. The summed E-state index contributed by atoms with van der Waals surface area (Å²) >= 11 is 0. The normalized spacial score (nSPS) is 14.9. The number of rotatable bonds is 7. The molecule has 228 valence electrons. The van der Waals surface area contributed by atoms with Gasteiger partial charge in [0.15, 0.2) is 0 Å². The summed E-state index contributed by atoms with van der Waals surface area (Å²) in [5.41, 5.74) is -1.36. The molecule has 2 aromatic carbocycles. The largest absolute Gasteiger partial charge is 1.00 e. The fourth-order valence-corrected chi connectivity index (χ4v) is 4.74. The van der Waals surface area contributed by atoms with Crippen LogP contribution in [-0.4, -0.2) is 72.5 Å². The summed E-state index contributed by atoms with van der Waals surface area (Å²) in [7, 11) is 6.98. The summed E-state index contributed by atoms with van der Waals surface area (Å²) < 4.78 is 47.4. The lowest BCUT2D eigenvalue weighted by Gasteiger charge is -2.36. The van der Waals surface area contributed by atoms with Crippen LogP contribution in [0.25, 0.3) is 0 Å². The highest BCUT2D eigenvalue weighted by molar-refractivity contribution is 5.99. The molecule has 15 heteroatoms. The number of benzene rings is 2. The Bertz CT molecular complexity index is 1680. The number of hydrogen-bond donors (Lipinski definition) is 2. The van der Waals surface area contributed by atoms with Gasteiger partial charge in [-0.05, 0) is 42.8 Å². The summed E-state index contributed by atoms with van der Waals surface area (Å²) in [5, 5.41) is 18.7. The molecule has 1 atom stereocenters. The SMILES string of the molecule is COC(=O)C1=C(C)N(c2cccc(C(F)(F)F)c2)c2n[nH]c(=O)n2C1c1ccc(C#N)cc1C(=O)NCC[N+](C)(C)C.[Cl-]. The van der Waals surface area contributed by atoms with Crippen LogP contribution in [0.3, 0.4) is 0 Å². The third-order valence-electron chi connectivity index (χ3n) is 6.77. The van der Waals surface area contributed by atoms with E-state index in [0.717, 1.165) is 23.8 Å². The molecule has 43 heavy (non-hydrogen) atoms. The van der Waals surface area contributed by atoms with E-state index in [0.29, 0.717) is 17.6 Å². The molecule has 1 unspecified atom stereocenters. The molecule has 0 aliphatic carbocycles. The fourth-order valence-electron chi connectivity index (χ4n) is 4.74. The van der Waals surface area contributed by atoms with Crippen molar-refractivity contribution in [2.24, 2.45) is 0 Å². The number of esters is 1. The minimum atomic E-state index is -4.65. The van der Waals surface area contributed by atoms with E-state index >= 15 is 0 Å². The van der Waals surface area contributed by atoms with Gasteiger partial charge in [0.25, 0.3) is 5.91 Å². The molecule has 4 rings (SSSR count). The second-order valence-corrected chi connectivity index (χ2v) is 10.7. The van der Waals surface area contributed by atoms with Gasteiger partial charge in [0.1, 0.15) is 6.04 Å². The second kappa shape index (κ2) is 12.3. The number of nitrogens with one attached hydrogen (secondary N) is 2. The van der Waals surface area contributed by atoms with Crippen molar-refractivity contribution in [3.05, 3.63) is 86.5 Å². The number of allylic oxidation sites excluding steroid dienone is 1. The standard InChI is InChI=1S/C28H28F3N7O4.ClH/c1-16-22(25(40)42-5)23(20-10-9-17(15-32)13-21(20)24(39)33-11-12-38(2,3)4)37-26(34-35-27(37)41)36(16)19-8-6-7-18(14-19)28(29,30)31;/h6-10,13-14,23H,11-12H2,1-5H3,(H-,33,35,39,41);1H. The van der Waals surface area contributed by atoms with E-state index < -0.39 is 35.3 Å². The number of carbonyl (C=O) groups is 2. The van der Waals surface area contributed by atoms with Crippen molar-refractivity contribution >= 4 is 23.5 Å². The van der Waals surface area contributed by atoms with Crippen LogP contribution in [0.1, 0.15) is 40.0 Å². The van der Waals surface area contributed by atoms with E-state index in [1.165, 1.54) is 42.2 Å². The van der Waals surface area contributed by atoms with Gasteiger partial charge < -0.3 is 26.9 Å². The Hall–Kier alpha value is -4.61. The smallest absolute Gasteiger partial charge is 0.416 e. The average molecular weight is 620 g/mol. The number of alkyl halides is 3. The first-order chi connectivity index (χ1) is 19.7. The number of hydrogen-bond acceptors (Lipinski definition) is 7. The Kier molecular flexibility index (Phi) is 9.43. The minimum absolute atomic E-state index is 0. The van der Waals surface area contributed by atoms with Crippen molar-refractivity contribution < 1.29 is 44.4 Å². The number of methoxy groups -OCH3 is 1. The quantitative estimate of drug-likeness (QED) is 0.283. The predicted octanol–water partition coefficient (Wildman–Crippen LogP) is 0.0900. The highest BCUT2D eigenvalue weighted by Crippen LogP contribution is 2.43. The lowest BCUT2D eigenvalue weighted by Crippen LogP contribution is -3.00. The van der Waals surface area contributed by atoms with E-state index in [1.54, 1.807) is 0 Å². The van der Waals surface area contributed by atoms with Gasteiger partial charge in [0.2, 0.25) is 5.95 Å². The number of quaternary nitrogens is 1. The van der Waals surface area contributed by atoms with E-state index in [2.05, 4.69) is 15.5 Å². The summed E-state index contributed by atoms with van der Waals surface area (Å²) in [6.45, 7) is 2.36. The number of likely N-dealkylation sites (N-methyl/N-ethyl adjacent to an activating group) is 1. The number of aromatic nitrogens is 3. The second-order valence-electron chi connectivity index (χ2n) is 10.7. The number of halogens is 4. The van der Waals surface area contributed by atoms with Gasteiger partial charge in [-0.15, -0.1) is 5.10 Å². The predicted molar refractivity (Wildman–Crippen MR) is 146 cm³/mol. The first-order valence-electron chi connectivity index (χ1n) is 12.7. The van der Waals surface area contributed by atoms with Gasteiger partial charge in [0.05, 0.1) is 64.1 Å². The molecule has 2 heterocycles. The van der Waals surface area contributed by atoms with E-state index in [1.807, 2.05) is 27.2 Å². The number of anilines is 2. The molecule has 1 aliphatic rings. The van der Waals surface area contributed by atoms with Crippen molar-refractivity contribution in [2.45, 2.75) is 19.1 Å². The first-order valence-corrected chi connectivity index (χ1v) is 12.7. The highest BCUT2D eigenvalue weighted by Gasteiger charge is 2.41. The Morgan fingerprint density at radius 3 is 2.49 bits per heavy atom. The molecule has 1 amide bonds. The number of carbonyl (C=O) groups excluding carboxylic acids is 2. The average Bonchev–Trinajstić information content (AvgIpc) is 3.31. The summed E-state index contributed by atoms with van der Waals surface area (Å²) in [5.74, 6) is -1.54. The maximum Gasteiger partial charge on any atom is 0.416 e. The van der Waals surface area contributed by atoms with Crippen LogP contribution in [-0.2, 0) is 15.7 Å². The third-order valence-corrected chi connectivity index (χ3v) is 6.77. The van der Waals surface area contributed by atoms with Crippen molar-refractivity contribution in [2.75, 3.05) is 46.2 Å². The summed E-state index contributed by atoms with van der Waals surface area (Å²) in [4.78, 5) is 41.2. The zero-order chi connectivity index (χ0) is 31.0. The first kappa shape index (κ1) is 32.9. The van der Waals surface area contributed by atoms with Crippen LogP contribution in [0.15, 0.2) is 58.5 Å². The monoisotopic (exact) mass is 619 g/mol. The molecular weight excluding hydrogens is 591 g/mol. The summed E-state index contributed by atoms with van der Waals surface area (Å²) in [6, 6.07) is 9.31. The van der Waals surface area contributed by atoms with Crippen LogP contribution in [0, 0.1) is 11.3 Å². The Balaban J connectivity index is 0.00000506. The number of ether oxygens (including phenoxy) is 1. The van der Waals surface area contributed by atoms with Crippen LogP contribution >= 0.6 is 0 Å². The number of H-pyrrole nitrogens is 1. The van der Waals surface area contributed by atoms with Crippen LogP contribution in [0.2, 0.25) is 0 Å². The molecule has 1 aliphatic heterocycles. The Morgan fingerprint density at radius 1 is 1.19 bits per heavy atom. The third kappa shape index (κ3) is 6.58. The summed E-state index contributed by atoms with van der Waals surface area (Å²) in [6.07, 6.45) is -4.65. The van der Waals surface area contributed by atoms with Crippen LogP contribution < -0.4 is 28.3 Å². The zero-order valence-electron chi connectivity index (χ0n) is 23.9. The molecule has 0 radical (unpaired) electrons. The molecule has 3 aromatic rings. The molecular formula is C28H29ClF3N7O4. The van der Waals surface area contributed by atoms with Gasteiger partial charge in [-0.1, -0.05) is 12.1 Å². The molecule has 0 bridgehead atoms. The van der Waals surface area contributed by atoms with E-state index in [-0.39, 0.29) is 52.0 Å².